The SMILES string of the molecule is CC(O)C1Cc2c(ccc3nc(Cl)sc23)O1. The molecule has 5 heteroatoms. The summed E-state index contributed by atoms with van der Waals surface area (Å²) < 4.78 is 7.29. The van der Waals surface area contributed by atoms with Crippen molar-refractivity contribution >= 4 is 33.2 Å². The number of aliphatic hydroxyl groups is 1. The van der Waals surface area contributed by atoms with E-state index in [1.165, 1.54) is 11.3 Å². The fourth-order valence-corrected chi connectivity index (χ4v) is 3.14. The van der Waals surface area contributed by atoms with Crippen molar-refractivity contribution in [3.63, 3.8) is 0 Å². The van der Waals surface area contributed by atoms with Gasteiger partial charge in [-0.25, -0.2) is 4.98 Å². The highest BCUT2D eigenvalue weighted by atomic mass is 35.5. The summed E-state index contributed by atoms with van der Waals surface area (Å²) in [5, 5.41) is 9.54. The summed E-state index contributed by atoms with van der Waals surface area (Å²) in [5.74, 6) is 0.846. The van der Waals surface area contributed by atoms with Crippen LogP contribution in [-0.4, -0.2) is 22.3 Å². The molecule has 0 fully saturated rings. The van der Waals surface area contributed by atoms with Gasteiger partial charge in [0.25, 0.3) is 0 Å². The number of halogens is 1. The molecule has 0 amide bonds. The van der Waals surface area contributed by atoms with E-state index in [0.29, 0.717) is 4.47 Å². The molecule has 1 N–H and O–H groups in total. The van der Waals surface area contributed by atoms with Crippen LogP contribution in [0.1, 0.15) is 12.5 Å². The monoisotopic (exact) mass is 255 g/mol. The van der Waals surface area contributed by atoms with Gasteiger partial charge in [0, 0.05) is 12.0 Å². The Hall–Kier alpha value is -0.840. The van der Waals surface area contributed by atoms with Crippen LogP contribution in [0.15, 0.2) is 12.1 Å². The van der Waals surface area contributed by atoms with Gasteiger partial charge in [-0.3, -0.25) is 0 Å². The first-order valence-electron chi connectivity index (χ1n) is 5.08. The van der Waals surface area contributed by atoms with Gasteiger partial charge >= 0.3 is 0 Å². The summed E-state index contributed by atoms with van der Waals surface area (Å²) in [6.45, 7) is 1.74. The van der Waals surface area contributed by atoms with E-state index in [-0.39, 0.29) is 6.10 Å². The summed E-state index contributed by atoms with van der Waals surface area (Å²) >= 11 is 7.36. The number of fused-ring (bicyclic) bond motifs is 3. The highest BCUT2D eigenvalue weighted by molar-refractivity contribution is 7.22. The summed E-state index contributed by atoms with van der Waals surface area (Å²) in [5.41, 5.74) is 2.02. The van der Waals surface area contributed by atoms with Gasteiger partial charge < -0.3 is 9.84 Å². The molecule has 1 aromatic heterocycles. The van der Waals surface area contributed by atoms with Gasteiger partial charge in [-0.1, -0.05) is 11.6 Å². The fraction of sp³-hybridized carbons (Fsp3) is 0.364. The molecule has 2 atom stereocenters. The minimum absolute atomic E-state index is 0.151. The van der Waals surface area contributed by atoms with Crippen molar-refractivity contribution in [1.82, 2.24) is 4.98 Å². The van der Waals surface area contributed by atoms with Crippen molar-refractivity contribution < 1.29 is 9.84 Å². The van der Waals surface area contributed by atoms with E-state index in [2.05, 4.69) is 4.98 Å². The van der Waals surface area contributed by atoms with Gasteiger partial charge in [0.05, 0.1) is 16.3 Å². The van der Waals surface area contributed by atoms with Crippen molar-refractivity contribution in [2.75, 3.05) is 0 Å². The minimum Gasteiger partial charge on any atom is -0.487 e. The third-order valence-electron chi connectivity index (χ3n) is 2.81. The molecular formula is C11H10ClNO2S. The highest BCUT2D eigenvalue weighted by Crippen LogP contribution is 2.39. The first-order valence-corrected chi connectivity index (χ1v) is 6.27. The number of thiazole rings is 1. The molecule has 3 nitrogen and oxygen atoms in total. The lowest BCUT2D eigenvalue weighted by molar-refractivity contribution is 0.0632. The molecule has 2 heterocycles. The Morgan fingerprint density at radius 2 is 2.44 bits per heavy atom. The molecule has 1 aromatic carbocycles. The Kier molecular flexibility index (Phi) is 2.31. The molecule has 2 unspecified atom stereocenters. The summed E-state index contributed by atoms with van der Waals surface area (Å²) in [4.78, 5) is 4.23. The Morgan fingerprint density at radius 3 is 3.19 bits per heavy atom. The van der Waals surface area contributed by atoms with E-state index in [4.69, 9.17) is 16.3 Å². The van der Waals surface area contributed by atoms with Crippen molar-refractivity contribution in [2.24, 2.45) is 0 Å². The van der Waals surface area contributed by atoms with Crippen LogP contribution in [-0.2, 0) is 6.42 Å². The molecule has 16 heavy (non-hydrogen) atoms. The smallest absolute Gasteiger partial charge is 0.184 e. The third-order valence-corrected chi connectivity index (χ3v) is 4.05. The maximum absolute atomic E-state index is 9.54. The number of hydrogen-bond acceptors (Lipinski definition) is 4. The molecule has 3 rings (SSSR count). The zero-order valence-electron chi connectivity index (χ0n) is 8.61. The maximum Gasteiger partial charge on any atom is 0.184 e. The number of aliphatic hydroxyl groups excluding tert-OH is 1. The number of hydrogen-bond donors (Lipinski definition) is 1. The van der Waals surface area contributed by atoms with Crippen LogP contribution in [0.2, 0.25) is 4.47 Å². The second-order valence-electron chi connectivity index (χ2n) is 3.96. The van der Waals surface area contributed by atoms with Crippen LogP contribution in [0.4, 0.5) is 0 Å². The molecule has 0 saturated carbocycles. The average Bonchev–Trinajstić information content (AvgIpc) is 2.77. The van der Waals surface area contributed by atoms with Gasteiger partial charge in [-0.15, -0.1) is 11.3 Å². The lowest BCUT2D eigenvalue weighted by atomic mass is 10.1. The standard InChI is InChI=1S/C11H10ClNO2S/c1-5(14)9-4-6-8(15-9)3-2-7-10(6)16-11(12)13-7/h2-3,5,9,14H,4H2,1H3. The quantitative estimate of drug-likeness (QED) is 0.852. The average molecular weight is 256 g/mol. The van der Waals surface area contributed by atoms with E-state index in [9.17, 15) is 5.11 Å². The molecule has 2 aromatic rings. The van der Waals surface area contributed by atoms with Crippen molar-refractivity contribution in [3.8, 4) is 5.75 Å². The Labute approximate surface area is 102 Å². The van der Waals surface area contributed by atoms with Crippen LogP contribution in [0.3, 0.4) is 0 Å². The van der Waals surface area contributed by atoms with Crippen LogP contribution in [0.5, 0.6) is 5.75 Å². The number of aromatic nitrogens is 1. The first kappa shape index (κ1) is 10.3. The number of ether oxygens (including phenoxy) is 1. The summed E-state index contributed by atoms with van der Waals surface area (Å²) in [6.07, 6.45) is 0.107. The zero-order chi connectivity index (χ0) is 11.3. The van der Waals surface area contributed by atoms with Crippen LogP contribution >= 0.6 is 22.9 Å². The molecule has 1 aliphatic rings. The lowest BCUT2D eigenvalue weighted by Gasteiger charge is -2.12. The second-order valence-corrected chi connectivity index (χ2v) is 5.54. The van der Waals surface area contributed by atoms with Gasteiger partial charge in [-0.05, 0) is 19.1 Å². The van der Waals surface area contributed by atoms with Crippen LogP contribution in [0.25, 0.3) is 10.2 Å². The summed E-state index contributed by atoms with van der Waals surface area (Å²) in [6, 6.07) is 3.80. The lowest BCUT2D eigenvalue weighted by Crippen LogP contribution is -2.26. The van der Waals surface area contributed by atoms with Crippen LogP contribution < -0.4 is 4.74 Å². The Morgan fingerprint density at radius 1 is 1.62 bits per heavy atom. The van der Waals surface area contributed by atoms with E-state index in [1.807, 2.05) is 12.1 Å². The van der Waals surface area contributed by atoms with Gasteiger partial charge in [0.1, 0.15) is 11.9 Å². The molecule has 0 bridgehead atoms. The van der Waals surface area contributed by atoms with E-state index >= 15 is 0 Å². The van der Waals surface area contributed by atoms with Crippen LogP contribution in [0, 0.1) is 0 Å². The number of nitrogens with zero attached hydrogens (tertiary/aromatic N) is 1. The zero-order valence-corrected chi connectivity index (χ0v) is 10.2. The topological polar surface area (TPSA) is 42.4 Å². The molecule has 0 spiro atoms. The highest BCUT2D eigenvalue weighted by Gasteiger charge is 2.29. The molecule has 0 saturated heterocycles. The Bertz CT molecular complexity index is 552. The molecule has 0 radical (unpaired) electrons. The Balaban J connectivity index is 2.13. The largest absolute Gasteiger partial charge is 0.487 e. The molecule has 1 aliphatic heterocycles. The molecule has 0 aliphatic carbocycles. The second kappa shape index (κ2) is 3.58. The predicted octanol–water partition coefficient (Wildman–Crippen LogP) is 2.63. The van der Waals surface area contributed by atoms with E-state index in [0.717, 1.165) is 28.0 Å². The fourth-order valence-electron chi connectivity index (χ4n) is 1.98. The van der Waals surface area contributed by atoms with E-state index < -0.39 is 6.10 Å². The van der Waals surface area contributed by atoms with Crippen molar-refractivity contribution in [1.29, 1.82) is 0 Å². The van der Waals surface area contributed by atoms with Gasteiger partial charge in [0.15, 0.2) is 4.47 Å². The normalized spacial score (nSPS) is 20.8. The van der Waals surface area contributed by atoms with Crippen molar-refractivity contribution in [2.45, 2.75) is 25.6 Å². The number of benzene rings is 1. The maximum atomic E-state index is 9.54. The van der Waals surface area contributed by atoms with Gasteiger partial charge in [-0.2, -0.15) is 0 Å². The van der Waals surface area contributed by atoms with Gasteiger partial charge in [0.2, 0.25) is 0 Å². The number of rotatable bonds is 1. The first-order chi connectivity index (χ1) is 7.65. The van der Waals surface area contributed by atoms with E-state index in [1.54, 1.807) is 6.92 Å². The molecular weight excluding hydrogens is 246 g/mol. The summed E-state index contributed by atoms with van der Waals surface area (Å²) in [7, 11) is 0. The minimum atomic E-state index is -0.467. The van der Waals surface area contributed by atoms with Crippen molar-refractivity contribution in [3.05, 3.63) is 22.2 Å². The third kappa shape index (κ3) is 1.49. The molecule has 84 valence electrons. The predicted molar refractivity (Wildman–Crippen MR) is 64.4 cm³/mol.